The molecule has 0 spiro atoms. The quantitative estimate of drug-likeness (QED) is 0.408. The van der Waals surface area contributed by atoms with Crippen LogP contribution in [-0.2, 0) is 9.84 Å². The summed E-state index contributed by atoms with van der Waals surface area (Å²) in [4.78, 5) is 16.7. The van der Waals surface area contributed by atoms with E-state index in [1.165, 1.54) is 41.1 Å². The summed E-state index contributed by atoms with van der Waals surface area (Å²) in [5, 5.41) is 7.90. The second-order valence-corrected chi connectivity index (χ2v) is 11.4. The Balaban J connectivity index is 1.62. The smallest absolute Gasteiger partial charge is 0.251 e. The average Bonchev–Trinajstić information content (AvgIpc) is 3.30. The number of amides is 1. The van der Waals surface area contributed by atoms with Crippen molar-refractivity contribution < 1.29 is 22.0 Å². The van der Waals surface area contributed by atoms with Gasteiger partial charge in [-0.25, -0.2) is 22.5 Å². The SMILES string of the molecule is C[C@@]1(NC(=O)c2ccc3c(-c4ccc(Cl)nc4F)nn(-c4ccc(F)cc4)c3c2)CCS(=O)(=O)C1. The molecule has 3 heterocycles. The van der Waals surface area contributed by atoms with E-state index in [-0.39, 0.29) is 33.5 Å². The molecule has 7 nitrogen and oxygen atoms in total. The van der Waals surface area contributed by atoms with Gasteiger partial charge in [-0.2, -0.15) is 9.49 Å². The summed E-state index contributed by atoms with van der Waals surface area (Å²) in [7, 11) is -3.21. The lowest BCUT2D eigenvalue weighted by Gasteiger charge is -2.23. The molecule has 180 valence electrons. The van der Waals surface area contributed by atoms with Crippen molar-refractivity contribution >= 4 is 38.2 Å². The van der Waals surface area contributed by atoms with E-state index in [0.717, 1.165) is 0 Å². The zero-order valence-electron chi connectivity index (χ0n) is 18.4. The van der Waals surface area contributed by atoms with Gasteiger partial charge in [0.25, 0.3) is 5.91 Å². The lowest BCUT2D eigenvalue weighted by atomic mass is 10.0. The summed E-state index contributed by atoms with van der Waals surface area (Å²) in [6.45, 7) is 1.70. The first kappa shape index (κ1) is 23.4. The van der Waals surface area contributed by atoms with Crippen LogP contribution in [0.25, 0.3) is 27.8 Å². The normalized spacial score (nSPS) is 19.2. The van der Waals surface area contributed by atoms with Gasteiger partial charge >= 0.3 is 0 Å². The number of halogens is 3. The predicted molar refractivity (Wildman–Crippen MR) is 128 cm³/mol. The Kier molecular flexibility index (Phi) is 5.60. The Morgan fingerprint density at radius 3 is 2.51 bits per heavy atom. The molecule has 2 aromatic heterocycles. The number of fused-ring (bicyclic) bond motifs is 1. The summed E-state index contributed by atoms with van der Waals surface area (Å²) in [5.41, 5.74) is 0.750. The van der Waals surface area contributed by atoms with E-state index in [4.69, 9.17) is 11.6 Å². The van der Waals surface area contributed by atoms with Crippen LogP contribution in [0.3, 0.4) is 0 Å². The number of carbonyl (C=O) groups excluding carboxylic acids is 1. The molecule has 1 atom stereocenters. The number of pyridine rings is 1. The minimum absolute atomic E-state index is 0.00472. The van der Waals surface area contributed by atoms with Crippen molar-refractivity contribution in [3.8, 4) is 16.9 Å². The summed E-state index contributed by atoms with van der Waals surface area (Å²) in [6.07, 6.45) is 0.323. The van der Waals surface area contributed by atoms with Crippen LogP contribution in [0.15, 0.2) is 54.6 Å². The van der Waals surface area contributed by atoms with E-state index in [9.17, 15) is 22.0 Å². The van der Waals surface area contributed by atoms with Crippen LogP contribution in [0.5, 0.6) is 0 Å². The van der Waals surface area contributed by atoms with Crippen LogP contribution in [0, 0.1) is 11.8 Å². The van der Waals surface area contributed by atoms with Crippen molar-refractivity contribution in [3.63, 3.8) is 0 Å². The molecule has 0 radical (unpaired) electrons. The Bertz CT molecular complexity index is 1590. The molecule has 0 saturated carbocycles. The molecule has 35 heavy (non-hydrogen) atoms. The van der Waals surface area contributed by atoms with Crippen molar-refractivity contribution in [2.24, 2.45) is 0 Å². The zero-order chi connectivity index (χ0) is 25.0. The summed E-state index contributed by atoms with van der Waals surface area (Å²) in [5.74, 6) is -1.80. The fourth-order valence-corrected chi connectivity index (χ4v) is 6.51. The van der Waals surface area contributed by atoms with Crippen molar-refractivity contribution in [1.29, 1.82) is 0 Å². The average molecular weight is 517 g/mol. The van der Waals surface area contributed by atoms with Crippen molar-refractivity contribution in [3.05, 3.63) is 77.1 Å². The fourth-order valence-electron chi connectivity index (χ4n) is 4.28. The van der Waals surface area contributed by atoms with Crippen molar-refractivity contribution in [2.75, 3.05) is 11.5 Å². The number of hydrogen-bond donors (Lipinski definition) is 1. The van der Waals surface area contributed by atoms with E-state index in [1.807, 2.05) is 0 Å². The first-order valence-electron chi connectivity index (χ1n) is 10.7. The molecular formula is C24H19ClF2N4O3S. The molecule has 1 N–H and O–H groups in total. The van der Waals surface area contributed by atoms with Gasteiger partial charge < -0.3 is 5.32 Å². The number of hydrogen-bond acceptors (Lipinski definition) is 5. The lowest BCUT2D eigenvalue weighted by molar-refractivity contribution is 0.0915. The summed E-state index contributed by atoms with van der Waals surface area (Å²) in [6, 6.07) is 13.2. The van der Waals surface area contributed by atoms with Gasteiger partial charge in [-0.15, -0.1) is 0 Å². The van der Waals surface area contributed by atoms with Gasteiger partial charge in [-0.3, -0.25) is 4.79 Å². The Hall–Kier alpha value is -3.37. The number of nitrogens with zero attached hydrogens (tertiary/aromatic N) is 3. The molecule has 5 rings (SSSR count). The van der Waals surface area contributed by atoms with Crippen molar-refractivity contribution in [2.45, 2.75) is 18.9 Å². The third kappa shape index (κ3) is 4.51. The van der Waals surface area contributed by atoms with Crippen LogP contribution in [0.2, 0.25) is 5.15 Å². The predicted octanol–water partition coefficient (Wildman–Crippen LogP) is 4.33. The molecule has 1 saturated heterocycles. The second kappa shape index (κ2) is 8.39. The second-order valence-electron chi connectivity index (χ2n) is 8.80. The largest absolute Gasteiger partial charge is 0.346 e. The highest BCUT2D eigenvalue weighted by atomic mass is 35.5. The molecule has 1 aliphatic heterocycles. The fraction of sp³-hybridized carbons (Fsp3) is 0.208. The van der Waals surface area contributed by atoms with Gasteiger partial charge in [0.1, 0.15) is 16.7 Å². The first-order valence-corrected chi connectivity index (χ1v) is 12.9. The van der Waals surface area contributed by atoms with Gasteiger partial charge in [-0.05, 0) is 67.9 Å². The molecule has 2 aromatic carbocycles. The van der Waals surface area contributed by atoms with E-state index in [0.29, 0.717) is 23.0 Å². The Morgan fingerprint density at radius 1 is 1.11 bits per heavy atom. The topological polar surface area (TPSA) is 93.9 Å². The number of rotatable bonds is 4. The van der Waals surface area contributed by atoms with Crippen LogP contribution in [0.1, 0.15) is 23.7 Å². The number of benzene rings is 2. The molecular weight excluding hydrogens is 498 g/mol. The lowest BCUT2D eigenvalue weighted by Crippen LogP contribution is -2.46. The third-order valence-electron chi connectivity index (χ3n) is 6.00. The first-order chi connectivity index (χ1) is 16.5. The molecule has 4 aromatic rings. The number of sulfone groups is 1. The molecule has 0 unspecified atom stereocenters. The maximum absolute atomic E-state index is 14.7. The van der Waals surface area contributed by atoms with Crippen LogP contribution in [-0.4, -0.2) is 46.1 Å². The molecule has 1 fully saturated rings. The standard InChI is InChI=1S/C24H19ClF2N4O3S/c1-24(10-11-35(33,34)13-24)29-23(32)14-2-7-17-19(12-14)31(16-5-3-15(26)4-6-16)30-21(17)18-8-9-20(25)28-22(18)27/h2-9,12H,10-11,13H2,1H3,(H,29,32)/t24-/m1/s1. The number of nitrogens with one attached hydrogen (secondary N) is 1. The highest BCUT2D eigenvalue weighted by Gasteiger charge is 2.39. The van der Waals surface area contributed by atoms with E-state index in [2.05, 4.69) is 15.4 Å². The number of aromatic nitrogens is 3. The van der Waals surface area contributed by atoms with E-state index in [1.54, 1.807) is 25.1 Å². The highest BCUT2D eigenvalue weighted by Crippen LogP contribution is 2.32. The van der Waals surface area contributed by atoms with Gasteiger partial charge in [-0.1, -0.05) is 11.6 Å². The van der Waals surface area contributed by atoms with E-state index >= 15 is 0 Å². The maximum Gasteiger partial charge on any atom is 0.251 e. The maximum atomic E-state index is 14.7. The molecule has 1 aliphatic rings. The van der Waals surface area contributed by atoms with Crippen molar-refractivity contribution in [1.82, 2.24) is 20.1 Å². The highest BCUT2D eigenvalue weighted by molar-refractivity contribution is 7.91. The van der Waals surface area contributed by atoms with Crippen LogP contribution >= 0.6 is 11.6 Å². The molecule has 0 bridgehead atoms. The van der Waals surface area contributed by atoms with Gasteiger partial charge in [0, 0.05) is 10.9 Å². The van der Waals surface area contributed by atoms with Crippen LogP contribution in [0.4, 0.5) is 8.78 Å². The van der Waals surface area contributed by atoms with E-state index < -0.39 is 33.0 Å². The Morgan fingerprint density at radius 2 is 1.86 bits per heavy atom. The zero-order valence-corrected chi connectivity index (χ0v) is 20.0. The summed E-state index contributed by atoms with van der Waals surface area (Å²) >= 11 is 5.80. The van der Waals surface area contributed by atoms with Gasteiger partial charge in [0.2, 0.25) is 5.95 Å². The summed E-state index contributed by atoms with van der Waals surface area (Å²) < 4.78 is 53.5. The molecule has 1 amide bonds. The monoisotopic (exact) mass is 516 g/mol. The van der Waals surface area contributed by atoms with Gasteiger partial charge in [0.05, 0.1) is 33.8 Å². The number of carbonyl (C=O) groups is 1. The Labute approximate surface area is 204 Å². The minimum Gasteiger partial charge on any atom is -0.346 e. The molecule has 0 aliphatic carbocycles. The third-order valence-corrected chi connectivity index (χ3v) is 8.12. The van der Waals surface area contributed by atoms with Crippen LogP contribution < -0.4 is 5.32 Å². The van der Waals surface area contributed by atoms with Gasteiger partial charge in [0.15, 0.2) is 9.84 Å². The minimum atomic E-state index is -3.21. The molecule has 11 heteroatoms.